The number of hydrogen-bond donors (Lipinski definition) is 1. The number of ether oxygens (including phenoxy) is 2. The van der Waals surface area contributed by atoms with Crippen molar-refractivity contribution in [2.24, 2.45) is 7.05 Å². The molecule has 1 aromatic heterocycles. The Kier molecular flexibility index (Phi) is 3.28. The minimum atomic E-state index is -0.438. The number of nitrogens with one attached hydrogen (secondary N) is 1. The predicted molar refractivity (Wildman–Crippen MR) is 59.8 cm³/mol. The molecule has 1 aromatic rings. The lowest BCUT2D eigenvalue weighted by Crippen LogP contribution is -2.48. The van der Waals surface area contributed by atoms with E-state index in [-0.39, 0.29) is 6.04 Å². The molecule has 2 rings (SSSR count). The van der Waals surface area contributed by atoms with Crippen LogP contribution in [0.5, 0.6) is 0 Å². The molecule has 5 nitrogen and oxygen atoms in total. The van der Waals surface area contributed by atoms with Crippen LogP contribution in [0.2, 0.25) is 0 Å². The van der Waals surface area contributed by atoms with Gasteiger partial charge >= 0.3 is 0 Å². The van der Waals surface area contributed by atoms with Gasteiger partial charge < -0.3 is 14.8 Å². The summed E-state index contributed by atoms with van der Waals surface area (Å²) in [6.07, 6.45) is 3.86. The Morgan fingerprint density at radius 3 is 2.75 bits per heavy atom. The summed E-state index contributed by atoms with van der Waals surface area (Å²) in [5, 5.41) is 7.50. The number of hydrogen-bond acceptors (Lipinski definition) is 4. The van der Waals surface area contributed by atoms with Crippen LogP contribution < -0.4 is 5.32 Å². The van der Waals surface area contributed by atoms with E-state index in [1.807, 2.05) is 33.3 Å². The van der Waals surface area contributed by atoms with Gasteiger partial charge in [-0.25, -0.2) is 0 Å². The van der Waals surface area contributed by atoms with E-state index in [9.17, 15) is 0 Å². The fourth-order valence-corrected chi connectivity index (χ4v) is 1.64. The summed E-state index contributed by atoms with van der Waals surface area (Å²) in [6, 6.07) is 0.258. The van der Waals surface area contributed by atoms with Gasteiger partial charge in [-0.15, -0.1) is 0 Å². The molecule has 1 N–H and O–H groups in total. The third-order valence-electron chi connectivity index (χ3n) is 2.62. The Balaban J connectivity index is 1.75. The lowest BCUT2D eigenvalue weighted by atomic mass is 10.2. The van der Waals surface area contributed by atoms with Crippen molar-refractivity contribution in [3.05, 3.63) is 18.0 Å². The van der Waals surface area contributed by atoms with E-state index in [2.05, 4.69) is 10.4 Å². The van der Waals surface area contributed by atoms with Crippen molar-refractivity contribution < 1.29 is 9.47 Å². The van der Waals surface area contributed by atoms with Crippen molar-refractivity contribution >= 4 is 0 Å². The normalized spacial score (nSPS) is 21.2. The topological polar surface area (TPSA) is 48.3 Å². The Hall–Kier alpha value is -0.910. The van der Waals surface area contributed by atoms with Crippen LogP contribution in [-0.4, -0.2) is 34.8 Å². The largest absolute Gasteiger partial charge is 0.349 e. The van der Waals surface area contributed by atoms with Crippen molar-refractivity contribution in [2.45, 2.75) is 32.2 Å². The fourth-order valence-electron chi connectivity index (χ4n) is 1.64. The molecule has 1 saturated heterocycles. The molecule has 1 aliphatic rings. The van der Waals surface area contributed by atoms with Crippen molar-refractivity contribution in [3.8, 4) is 0 Å². The minimum Gasteiger partial charge on any atom is -0.349 e. The molecule has 1 aliphatic heterocycles. The van der Waals surface area contributed by atoms with Crippen molar-refractivity contribution in [2.75, 3.05) is 13.2 Å². The third-order valence-corrected chi connectivity index (χ3v) is 2.62. The van der Waals surface area contributed by atoms with Gasteiger partial charge in [0.1, 0.15) is 0 Å². The SMILES string of the molecule is Cn1cc(CNC2COC(C)(C)OC2)cn1. The maximum atomic E-state index is 5.57. The van der Waals surface area contributed by atoms with Crippen LogP contribution in [0, 0.1) is 0 Å². The average molecular weight is 225 g/mol. The maximum absolute atomic E-state index is 5.57. The highest BCUT2D eigenvalue weighted by molar-refractivity contribution is 5.03. The molecular weight excluding hydrogens is 206 g/mol. The Bertz CT molecular complexity index is 339. The van der Waals surface area contributed by atoms with Crippen LogP contribution in [-0.2, 0) is 23.1 Å². The molecule has 1 fully saturated rings. The van der Waals surface area contributed by atoms with Gasteiger partial charge in [0.2, 0.25) is 0 Å². The second-order valence-corrected chi connectivity index (χ2v) is 4.62. The van der Waals surface area contributed by atoms with Gasteiger partial charge in [0, 0.05) is 25.4 Å². The maximum Gasteiger partial charge on any atom is 0.162 e. The van der Waals surface area contributed by atoms with E-state index in [0.29, 0.717) is 13.2 Å². The van der Waals surface area contributed by atoms with Gasteiger partial charge in [-0.2, -0.15) is 5.10 Å². The van der Waals surface area contributed by atoms with Gasteiger partial charge in [-0.05, 0) is 13.8 Å². The standard InChI is InChI=1S/C11H19N3O2/c1-11(2)15-7-10(8-16-11)12-4-9-5-13-14(3)6-9/h5-6,10,12H,4,7-8H2,1-3H3. The molecule has 0 atom stereocenters. The molecule has 0 radical (unpaired) electrons. The zero-order valence-corrected chi connectivity index (χ0v) is 10.1. The summed E-state index contributed by atoms with van der Waals surface area (Å²) in [5.74, 6) is -0.438. The van der Waals surface area contributed by atoms with Gasteiger partial charge in [-0.3, -0.25) is 4.68 Å². The van der Waals surface area contributed by atoms with Gasteiger partial charge in [-0.1, -0.05) is 0 Å². The van der Waals surface area contributed by atoms with Crippen molar-refractivity contribution in [1.82, 2.24) is 15.1 Å². The molecule has 0 amide bonds. The van der Waals surface area contributed by atoms with Gasteiger partial charge in [0.15, 0.2) is 5.79 Å². The van der Waals surface area contributed by atoms with Crippen LogP contribution in [0.25, 0.3) is 0 Å². The van der Waals surface area contributed by atoms with Gasteiger partial charge in [0.05, 0.1) is 25.5 Å². The molecule has 16 heavy (non-hydrogen) atoms. The monoisotopic (exact) mass is 225 g/mol. The van der Waals surface area contributed by atoms with Crippen molar-refractivity contribution in [3.63, 3.8) is 0 Å². The number of aromatic nitrogens is 2. The van der Waals surface area contributed by atoms with E-state index in [1.54, 1.807) is 4.68 Å². The van der Waals surface area contributed by atoms with Crippen LogP contribution in [0.1, 0.15) is 19.4 Å². The van der Waals surface area contributed by atoms with E-state index < -0.39 is 5.79 Å². The third kappa shape index (κ3) is 3.04. The molecule has 0 spiro atoms. The lowest BCUT2D eigenvalue weighted by molar-refractivity contribution is -0.253. The summed E-state index contributed by atoms with van der Waals surface area (Å²) in [6.45, 7) is 6.04. The summed E-state index contributed by atoms with van der Waals surface area (Å²) in [7, 11) is 1.92. The quantitative estimate of drug-likeness (QED) is 0.821. The summed E-state index contributed by atoms with van der Waals surface area (Å²) < 4.78 is 12.9. The molecule has 90 valence electrons. The molecular formula is C11H19N3O2. The molecule has 0 aromatic carbocycles. The predicted octanol–water partition coefficient (Wildman–Crippen LogP) is 0.661. The van der Waals surface area contributed by atoms with Crippen LogP contribution in [0.4, 0.5) is 0 Å². The highest BCUT2D eigenvalue weighted by atomic mass is 16.7. The Morgan fingerprint density at radius 2 is 2.19 bits per heavy atom. The smallest absolute Gasteiger partial charge is 0.162 e. The van der Waals surface area contributed by atoms with Crippen molar-refractivity contribution in [1.29, 1.82) is 0 Å². The second kappa shape index (κ2) is 4.53. The summed E-state index contributed by atoms with van der Waals surface area (Å²) >= 11 is 0. The molecule has 0 saturated carbocycles. The average Bonchev–Trinajstić information content (AvgIpc) is 2.63. The van der Waals surface area contributed by atoms with Crippen LogP contribution in [0.15, 0.2) is 12.4 Å². The highest BCUT2D eigenvalue weighted by Gasteiger charge is 2.27. The lowest BCUT2D eigenvalue weighted by Gasteiger charge is -2.35. The number of aryl methyl sites for hydroxylation is 1. The molecule has 5 heteroatoms. The van der Waals surface area contributed by atoms with E-state index in [4.69, 9.17) is 9.47 Å². The first-order chi connectivity index (χ1) is 7.55. The number of rotatable bonds is 3. The van der Waals surface area contributed by atoms with Crippen LogP contribution in [0.3, 0.4) is 0 Å². The molecule has 2 heterocycles. The highest BCUT2D eigenvalue weighted by Crippen LogP contribution is 2.17. The fraction of sp³-hybridized carbons (Fsp3) is 0.727. The number of nitrogens with zero attached hydrogens (tertiary/aromatic N) is 2. The first kappa shape index (κ1) is 11.6. The first-order valence-corrected chi connectivity index (χ1v) is 5.54. The second-order valence-electron chi connectivity index (χ2n) is 4.62. The van der Waals surface area contributed by atoms with E-state index >= 15 is 0 Å². The van der Waals surface area contributed by atoms with E-state index in [0.717, 1.165) is 6.54 Å². The molecule has 0 unspecified atom stereocenters. The first-order valence-electron chi connectivity index (χ1n) is 5.54. The summed E-state index contributed by atoms with van der Waals surface area (Å²) in [4.78, 5) is 0. The summed E-state index contributed by atoms with van der Waals surface area (Å²) in [5.41, 5.74) is 1.17. The van der Waals surface area contributed by atoms with E-state index in [1.165, 1.54) is 5.56 Å². The zero-order chi connectivity index (χ0) is 11.6. The Morgan fingerprint density at radius 1 is 1.50 bits per heavy atom. The van der Waals surface area contributed by atoms with Gasteiger partial charge in [0.25, 0.3) is 0 Å². The molecule has 0 aliphatic carbocycles. The molecule has 0 bridgehead atoms. The van der Waals surface area contributed by atoms with Crippen LogP contribution >= 0.6 is 0 Å². The minimum absolute atomic E-state index is 0.258. The zero-order valence-electron chi connectivity index (χ0n) is 10.1. The Labute approximate surface area is 95.7 Å².